The van der Waals surface area contributed by atoms with Crippen molar-refractivity contribution in [3.05, 3.63) is 23.4 Å². The van der Waals surface area contributed by atoms with Gasteiger partial charge in [-0.05, 0) is 18.6 Å². The van der Waals surface area contributed by atoms with Crippen LogP contribution in [0.5, 0.6) is 0 Å². The number of rotatable bonds is 2. The van der Waals surface area contributed by atoms with E-state index >= 15 is 0 Å². The van der Waals surface area contributed by atoms with Crippen LogP contribution in [0.1, 0.15) is 11.9 Å². The van der Waals surface area contributed by atoms with Gasteiger partial charge in [-0.25, -0.2) is 0 Å². The summed E-state index contributed by atoms with van der Waals surface area (Å²) in [5.74, 6) is 1.35. The zero-order valence-corrected chi connectivity index (χ0v) is 8.86. The predicted octanol–water partition coefficient (Wildman–Crippen LogP) is 2.01. The minimum absolute atomic E-state index is 0.658. The summed E-state index contributed by atoms with van der Waals surface area (Å²) in [4.78, 5) is 0.804. The van der Waals surface area contributed by atoms with Gasteiger partial charge in [-0.3, -0.25) is 0 Å². The number of aromatic nitrogens is 4. The summed E-state index contributed by atoms with van der Waals surface area (Å²) in [5.41, 5.74) is 0. The van der Waals surface area contributed by atoms with E-state index in [-0.39, 0.29) is 0 Å². The van der Waals surface area contributed by atoms with Gasteiger partial charge in [-0.15, -0.1) is 10.2 Å². The summed E-state index contributed by atoms with van der Waals surface area (Å²) in [5, 5.41) is 13.5. The third kappa shape index (κ3) is 1.25. The first-order chi connectivity index (χ1) is 7.38. The Bertz CT molecular complexity index is 580. The molecule has 0 bridgehead atoms. The van der Waals surface area contributed by atoms with Gasteiger partial charge in [-0.2, -0.15) is 9.61 Å². The van der Waals surface area contributed by atoms with Crippen LogP contribution in [0.25, 0.3) is 16.5 Å². The van der Waals surface area contributed by atoms with Crippen LogP contribution in [-0.4, -0.2) is 19.8 Å². The van der Waals surface area contributed by atoms with Gasteiger partial charge in [-0.1, -0.05) is 18.3 Å². The van der Waals surface area contributed by atoms with Gasteiger partial charge in [0.05, 0.1) is 6.26 Å². The van der Waals surface area contributed by atoms with E-state index in [2.05, 4.69) is 22.2 Å². The molecule has 0 aliphatic heterocycles. The van der Waals surface area contributed by atoms with Crippen LogP contribution in [-0.2, 0) is 6.42 Å². The van der Waals surface area contributed by atoms with Crippen LogP contribution in [0.2, 0.25) is 0 Å². The van der Waals surface area contributed by atoms with Crippen molar-refractivity contribution in [1.82, 2.24) is 19.8 Å². The average Bonchev–Trinajstić information content (AvgIpc) is 2.92. The molecule has 3 rings (SSSR count). The first-order valence-corrected chi connectivity index (χ1v) is 5.45. The van der Waals surface area contributed by atoms with E-state index in [0.717, 1.165) is 16.4 Å². The first kappa shape index (κ1) is 8.60. The molecule has 0 amide bonds. The molecular weight excluding hydrogens is 212 g/mol. The zero-order valence-electron chi connectivity index (χ0n) is 8.04. The van der Waals surface area contributed by atoms with Crippen molar-refractivity contribution in [3.8, 4) is 11.6 Å². The Labute approximate surface area is 89.4 Å². The molecular formula is C9H8N4OS. The fraction of sp³-hybridized carbons (Fsp3) is 0.222. The van der Waals surface area contributed by atoms with Crippen molar-refractivity contribution in [1.29, 1.82) is 0 Å². The smallest absolute Gasteiger partial charge is 0.235 e. The number of furan rings is 1. The summed E-state index contributed by atoms with van der Waals surface area (Å²) in [6.45, 7) is 2.07. The lowest BCUT2D eigenvalue weighted by Crippen LogP contribution is -1.90. The molecule has 0 spiro atoms. The van der Waals surface area contributed by atoms with Crippen molar-refractivity contribution in [2.75, 3.05) is 0 Å². The van der Waals surface area contributed by atoms with Crippen LogP contribution in [0, 0.1) is 0 Å². The second-order valence-corrected chi connectivity index (χ2v) is 4.09. The summed E-state index contributed by atoms with van der Waals surface area (Å²) in [7, 11) is 0. The summed E-state index contributed by atoms with van der Waals surface area (Å²) in [6, 6.07) is 3.67. The van der Waals surface area contributed by atoms with Crippen LogP contribution in [0.3, 0.4) is 0 Å². The Morgan fingerprint density at radius 3 is 3.13 bits per heavy atom. The van der Waals surface area contributed by atoms with E-state index in [1.54, 1.807) is 22.1 Å². The molecule has 0 atom stereocenters. The van der Waals surface area contributed by atoms with Gasteiger partial charge in [0.25, 0.3) is 0 Å². The molecule has 0 radical (unpaired) electrons. The molecule has 0 N–H and O–H groups in total. The fourth-order valence-corrected chi connectivity index (χ4v) is 2.13. The molecule has 0 aromatic carbocycles. The van der Waals surface area contributed by atoms with Crippen molar-refractivity contribution < 1.29 is 4.42 Å². The maximum atomic E-state index is 5.27. The minimum Gasteiger partial charge on any atom is -0.461 e. The number of hydrogen-bond acceptors (Lipinski definition) is 5. The second kappa shape index (κ2) is 3.16. The Morgan fingerprint density at radius 1 is 1.47 bits per heavy atom. The lowest BCUT2D eigenvalue weighted by Gasteiger charge is -1.89. The largest absolute Gasteiger partial charge is 0.461 e. The van der Waals surface area contributed by atoms with Crippen LogP contribution < -0.4 is 0 Å². The predicted molar refractivity (Wildman–Crippen MR) is 55.7 cm³/mol. The first-order valence-electron chi connectivity index (χ1n) is 4.63. The average molecular weight is 220 g/mol. The molecule has 0 unspecified atom stereocenters. The van der Waals surface area contributed by atoms with E-state index in [9.17, 15) is 0 Å². The molecule has 6 heteroatoms. The molecule has 5 nitrogen and oxygen atoms in total. The fourth-order valence-electron chi connectivity index (χ4n) is 1.36. The monoisotopic (exact) mass is 220 g/mol. The molecule has 0 saturated carbocycles. The third-order valence-corrected chi connectivity index (χ3v) is 3.12. The molecule has 0 aliphatic rings. The number of fused-ring (bicyclic) bond motifs is 1. The van der Waals surface area contributed by atoms with Gasteiger partial charge in [0.1, 0.15) is 5.01 Å². The Kier molecular flexibility index (Phi) is 1.81. The van der Waals surface area contributed by atoms with Crippen LogP contribution >= 0.6 is 11.3 Å². The standard InChI is InChI=1S/C9H8N4OS/c1-2-7-12-13-8(6-4-3-5-14-6)10-11-9(13)15-7/h3-5H,2H2,1H3. The van der Waals surface area contributed by atoms with E-state index in [0.29, 0.717) is 11.6 Å². The normalized spacial score (nSPS) is 11.3. The van der Waals surface area contributed by atoms with E-state index in [1.165, 1.54) is 0 Å². The van der Waals surface area contributed by atoms with Gasteiger partial charge in [0.15, 0.2) is 5.76 Å². The minimum atomic E-state index is 0.658. The molecule has 0 aliphatic carbocycles. The lowest BCUT2D eigenvalue weighted by atomic mass is 10.4. The second-order valence-electron chi connectivity index (χ2n) is 3.04. The Balaban J connectivity index is 2.23. The highest BCUT2D eigenvalue weighted by atomic mass is 32.1. The highest BCUT2D eigenvalue weighted by Crippen LogP contribution is 2.21. The maximum absolute atomic E-state index is 5.27. The molecule has 76 valence electrons. The van der Waals surface area contributed by atoms with Crippen LogP contribution in [0.15, 0.2) is 22.8 Å². The summed E-state index contributed by atoms with van der Waals surface area (Å²) in [6.07, 6.45) is 2.52. The van der Waals surface area contributed by atoms with Crippen molar-refractivity contribution in [2.45, 2.75) is 13.3 Å². The number of nitrogens with zero attached hydrogens (tertiary/aromatic N) is 4. The SMILES string of the molecule is CCc1nn2c(-c3ccco3)nnc2s1. The van der Waals surface area contributed by atoms with Gasteiger partial charge in [0, 0.05) is 0 Å². The van der Waals surface area contributed by atoms with E-state index in [4.69, 9.17) is 4.42 Å². The lowest BCUT2D eigenvalue weighted by molar-refractivity contribution is 0.574. The molecule has 3 aromatic heterocycles. The van der Waals surface area contributed by atoms with E-state index in [1.807, 2.05) is 12.1 Å². The topological polar surface area (TPSA) is 56.2 Å². The number of aryl methyl sites for hydroxylation is 1. The maximum Gasteiger partial charge on any atom is 0.235 e. The molecule has 3 aromatic rings. The Hall–Kier alpha value is -1.69. The summed E-state index contributed by atoms with van der Waals surface area (Å²) < 4.78 is 6.99. The van der Waals surface area contributed by atoms with Crippen molar-refractivity contribution in [2.24, 2.45) is 0 Å². The van der Waals surface area contributed by atoms with Crippen molar-refractivity contribution >= 4 is 16.3 Å². The van der Waals surface area contributed by atoms with Gasteiger partial charge >= 0.3 is 0 Å². The summed E-state index contributed by atoms with van der Waals surface area (Å²) >= 11 is 1.55. The molecule has 0 fully saturated rings. The number of hydrogen-bond donors (Lipinski definition) is 0. The van der Waals surface area contributed by atoms with Gasteiger partial charge in [0.2, 0.25) is 10.8 Å². The van der Waals surface area contributed by atoms with Crippen molar-refractivity contribution in [3.63, 3.8) is 0 Å². The molecule has 15 heavy (non-hydrogen) atoms. The third-order valence-electron chi connectivity index (χ3n) is 2.08. The zero-order chi connectivity index (χ0) is 10.3. The Morgan fingerprint density at radius 2 is 2.40 bits per heavy atom. The highest BCUT2D eigenvalue weighted by molar-refractivity contribution is 7.16. The molecule has 0 saturated heterocycles. The van der Waals surface area contributed by atoms with Gasteiger partial charge < -0.3 is 4.42 Å². The highest BCUT2D eigenvalue weighted by Gasteiger charge is 2.13. The quantitative estimate of drug-likeness (QED) is 0.663. The van der Waals surface area contributed by atoms with E-state index < -0.39 is 0 Å². The van der Waals surface area contributed by atoms with Crippen LogP contribution in [0.4, 0.5) is 0 Å². The molecule has 3 heterocycles.